The standard InChI is InChI=1S/C17H15NO3/c1-20-15-7-4-6-14(11-15)17(19)21-12-18-10-9-13-5-2-3-8-16(13)18/h2-11H,12H2,1H3. The number of aromatic nitrogens is 1. The molecule has 4 heteroatoms. The van der Waals surface area contributed by atoms with Crippen LogP contribution in [-0.4, -0.2) is 17.6 Å². The Bertz CT molecular complexity index is 776. The monoisotopic (exact) mass is 281 g/mol. The summed E-state index contributed by atoms with van der Waals surface area (Å²) >= 11 is 0. The van der Waals surface area contributed by atoms with Crippen LogP contribution in [0.25, 0.3) is 10.9 Å². The van der Waals surface area contributed by atoms with Crippen molar-refractivity contribution in [3.05, 3.63) is 66.4 Å². The maximum Gasteiger partial charge on any atom is 0.339 e. The van der Waals surface area contributed by atoms with E-state index in [4.69, 9.17) is 9.47 Å². The van der Waals surface area contributed by atoms with Crippen molar-refractivity contribution in [2.75, 3.05) is 7.11 Å². The summed E-state index contributed by atoms with van der Waals surface area (Å²) in [4.78, 5) is 12.1. The first-order valence-electron chi connectivity index (χ1n) is 6.63. The second-order valence-electron chi connectivity index (χ2n) is 4.64. The predicted molar refractivity (Wildman–Crippen MR) is 80.3 cm³/mol. The minimum Gasteiger partial charge on any atom is -0.497 e. The van der Waals surface area contributed by atoms with Crippen LogP contribution < -0.4 is 4.74 Å². The van der Waals surface area contributed by atoms with Gasteiger partial charge in [-0.3, -0.25) is 0 Å². The number of ether oxygens (including phenoxy) is 2. The van der Waals surface area contributed by atoms with Gasteiger partial charge in [0.1, 0.15) is 5.75 Å². The zero-order valence-corrected chi connectivity index (χ0v) is 11.7. The highest BCUT2D eigenvalue weighted by atomic mass is 16.5. The van der Waals surface area contributed by atoms with E-state index in [1.807, 2.05) is 41.1 Å². The molecule has 2 aromatic carbocycles. The van der Waals surface area contributed by atoms with E-state index < -0.39 is 0 Å². The molecule has 0 amide bonds. The number of hydrogen-bond donors (Lipinski definition) is 0. The topological polar surface area (TPSA) is 40.5 Å². The first-order chi connectivity index (χ1) is 10.3. The van der Waals surface area contributed by atoms with Crippen molar-refractivity contribution in [3.8, 4) is 5.75 Å². The maximum absolute atomic E-state index is 12.1. The molecule has 3 rings (SSSR count). The van der Waals surface area contributed by atoms with Crippen LogP contribution >= 0.6 is 0 Å². The van der Waals surface area contributed by atoms with E-state index in [-0.39, 0.29) is 12.7 Å². The normalized spacial score (nSPS) is 10.5. The van der Waals surface area contributed by atoms with Crippen LogP contribution in [0.1, 0.15) is 10.4 Å². The summed E-state index contributed by atoms with van der Waals surface area (Å²) in [5, 5.41) is 1.12. The van der Waals surface area contributed by atoms with Crippen LogP contribution in [0, 0.1) is 0 Å². The number of nitrogens with zero attached hydrogens (tertiary/aromatic N) is 1. The fourth-order valence-electron chi connectivity index (χ4n) is 2.21. The van der Waals surface area contributed by atoms with Crippen molar-refractivity contribution in [2.24, 2.45) is 0 Å². The van der Waals surface area contributed by atoms with Crippen molar-refractivity contribution in [2.45, 2.75) is 6.73 Å². The molecule has 0 saturated carbocycles. The van der Waals surface area contributed by atoms with Gasteiger partial charge in [-0.05, 0) is 35.7 Å². The van der Waals surface area contributed by atoms with Crippen LogP contribution in [0.2, 0.25) is 0 Å². The molecule has 0 aliphatic carbocycles. The first-order valence-corrected chi connectivity index (χ1v) is 6.63. The molecule has 0 saturated heterocycles. The first kappa shape index (κ1) is 13.2. The Morgan fingerprint density at radius 2 is 1.95 bits per heavy atom. The Balaban J connectivity index is 1.73. The summed E-state index contributed by atoms with van der Waals surface area (Å²) < 4.78 is 12.3. The molecule has 0 aliphatic rings. The van der Waals surface area contributed by atoms with Crippen molar-refractivity contribution < 1.29 is 14.3 Å². The van der Waals surface area contributed by atoms with Gasteiger partial charge in [0.15, 0.2) is 6.73 Å². The molecule has 0 radical (unpaired) electrons. The largest absolute Gasteiger partial charge is 0.497 e. The molecular formula is C17H15NO3. The van der Waals surface area contributed by atoms with Gasteiger partial charge in [-0.15, -0.1) is 0 Å². The number of fused-ring (bicyclic) bond motifs is 1. The van der Waals surface area contributed by atoms with Crippen molar-refractivity contribution >= 4 is 16.9 Å². The second-order valence-corrected chi connectivity index (χ2v) is 4.64. The molecule has 1 aromatic heterocycles. The summed E-state index contributed by atoms with van der Waals surface area (Å²) in [7, 11) is 1.57. The predicted octanol–water partition coefficient (Wildman–Crippen LogP) is 3.46. The fraction of sp³-hybridized carbons (Fsp3) is 0.118. The summed E-state index contributed by atoms with van der Waals surface area (Å²) in [6.07, 6.45) is 1.91. The van der Waals surface area contributed by atoms with E-state index in [0.717, 1.165) is 10.9 Å². The molecular weight excluding hydrogens is 266 g/mol. The lowest BCUT2D eigenvalue weighted by molar-refractivity contribution is 0.0379. The summed E-state index contributed by atoms with van der Waals surface area (Å²) in [5.41, 5.74) is 1.52. The molecule has 1 heterocycles. The van der Waals surface area contributed by atoms with E-state index >= 15 is 0 Å². The third-order valence-corrected chi connectivity index (χ3v) is 3.32. The minimum absolute atomic E-state index is 0.184. The third-order valence-electron chi connectivity index (χ3n) is 3.32. The number of esters is 1. The number of hydrogen-bond acceptors (Lipinski definition) is 3. The van der Waals surface area contributed by atoms with Crippen LogP contribution in [0.3, 0.4) is 0 Å². The summed E-state index contributed by atoms with van der Waals surface area (Å²) in [5.74, 6) is 0.266. The lowest BCUT2D eigenvalue weighted by atomic mass is 10.2. The van der Waals surface area contributed by atoms with Gasteiger partial charge in [0.25, 0.3) is 0 Å². The van der Waals surface area contributed by atoms with Gasteiger partial charge in [-0.1, -0.05) is 24.3 Å². The van der Waals surface area contributed by atoms with Crippen molar-refractivity contribution in [1.29, 1.82) is 0 Å². The smallest absolute Gasteiger partial charge is 0.339 e. The van der Waals surface area contributed by atoms with Gasteiger partial charge in [0.05, 0.1) is 18.2 Å². The number of carbonyl (C=O) groups is 1. The van der Waals surface area contributed by atoms with Gasteiger partial charge < -0.3 is 14.0 Å². The molecule has 0 spiro atoms. The van der Waals surface area contributed by atoms with Crippen LogP contribution in [0.15, 0.2) is 60.8 Å². The van der Waals surface area contributed by atoms with E-state index in [2.05, 4.69) is 0 Å². The lowest BCUT2D eigenvalue weighted by Crippen LogP contribution is -2.09. The number of methoxy groups -OCH3 is 1. The van der Waals surface area contributed by atoms with E-state index in [1.165, 1.54) is 0 Å². The molecule has 0 unspecified atom stereocenters. The molecule has 0 N–H and O–H groups in total. The minimum atomic E-state index is -0.369. The van der Waals surface area contributed by atoms with Crippen molar-refractivity contribution in [3.63, 3.8) is 0 Å². The van der Waals surface area contributed by atoms with Gasteiger partial charge >= 0.3 is 5.97 Å². The molecule has 4 nitrogen and oxygen atoms in total. The average molecular weight is 281 g/mol. The highest BCUT2D eigenvalue weighted by Crippen LogP contribution is 2.16. The summed E-state index contributed by atoms with van der Waals surface area (Å²) in [6, 6.07) is 16.9. The molecule has 3 aromatic rings. The lowest BCUT2D eigenvalue weighted by Gasteiger charge is -2.08. The molecule has 21 heavy (non-hydrogen) atoms. The molecule has 0 bridgehead atoms. The zero-order valence-electron chi connectivity index (χ0n) is 11.7. The molecule has 106 valence electrons. The van der Waals surface area contributed by atoms with Crippen molar-refractivity contribution in [1.82, 2.24) is 4.57 Å². The Kier molecular flexibility index (Phi) is 3.60. The van der Waals surface area contributed by atoms with E-state index in [1.54, 1.807) is 31.4 Å². The van der Waals surface area contributed by atoms with Crippen LogP contribution in [0.4, 0.5) is 0 Å². The van der Waals surface area contributed by atoms with E-state index in [9.17, 15) is 4.79 Å². The molecule has 0 fully saturated rings. The summed E-state index contributed by atoms with van der Waals surface area (Å²) in [6.45, 7) is 0.184. The Hall–Kier alpha value is -2.75. The number of rotatable bonds is 4. The van der Waals surface area contributed by atoms with Gasteiger partial charge in [-0.2, -0.15) is 0 Å². The SMILES string of the molecule is COc1cccc(C(=O)OCn2ccc3ccccc32)c1. The van der Waals surface area contributed by atoms with Crippen LogP contribution in [0.5, 0.6) is 5.75 Å². The molecule has 0 aliphatic heterocycles. The van der Waals surface area contributed by atoms with E-state index in [0.29, 0.717) is 11.3 Å². The second kappa shape index (κ2) is 5.71. The number of para-hydroxylation sites is 1. The highest BCUT2D eigenvalue weighted by Gasteiger charge is 2.09. The van der Waals surface area contributed by atoms with Gasteiger partial charge in [0.2, 0.25) is 0 Å². The average Bonchev–Trinajstić information content (AvgIpc) is 2.96. The molecule has 0 atom stereocenters. The number of carbonyl (C=O) groups excluding carboxylic acids is 1. The third kappa shape index (κ3) is 2.74. The highest BCUT2D eigenvalue weighted by molar-refractivity contribution is 5.89. The Morgan fingerprint density at radius 1 is 1.10 bits per heavy atom. The number of benzene rings is 2. The van der Waals surface area contributed by atoms with Gasteiger partial charge in [0, 0.05) is 6.20 Å². The quantitative estimate of drug-likeness (QED) is 0.688. The zero-order chi connectivity index (χ0) is 14.7. The van der Waals surface area contributed by atoms with Gasteiger partial charge in [-0.25, -0.2) is 4.79 Å². The Labute approximate surface area is 122 Å². The fourth-order valence-corrected chi connectivity index (χ4v) is 2.21. The Morgan fingerprint density at radius 3 is 2.81 bits per heavy atom. The van der Waals surface area contributed by atoms with Crippen LogP contribution in [-0.2, 0) is 11.5 Å². The maximum atomic E-state index is 12.1.